The number of alkyl halides is 7. The van der Waals surface area contributed by atoms with E-state index in [0.29, 0.717) is 0 Å². The summed E-state index contributed by atoms with van der Waals surface area (Å²) in [5, 5.41) is 8.03. The highest BCUT2D eigenvalue weighted by molar-refractivity contribution is 5.73. The van der Waals surface area contributed by atoms with E-state index < -0.39 is 36.5 Å². The Morgan fingerprint density at radius 1 is 1.12 bits per heavy atom. The van der Waals surface area contributed by atoms with Gasteiger partial charge >= 0.3 is 24.0 Å². The molecule has 0 rings (SSSR count). The number of carboxylic acids is 1. The number of carbonyl (C=O) groups is 1. The largest absolute Gasteiger partial charge is 0.480 e. The molecule has 0 fully saturated rings. The van der Waals surface area contributed by atoms with Crippen LogP contribution in [0.25, 0.3) is 0 Å². The van der Waals surface area contributed by atoms with Gasteiger partial charge in [0.2, 0.25) is 0 Å². The van der Waals surface area contributed by atoms with Crippen LogP contribution >= 0.6 is 0 Å². The van der Waals surface area contributed by atoms with Crippen molar-refractivity contribution in [3.05, 3.63) is 0 Å². The van der Waals surface area contributed by atoms with Crippen molar-refractivity contribution in [3.63, 3.8) is 0 Å². The zero-order chi connectivity index (χ0) is 13.4. The maximum absolute atomic E-state index is 12.5. The molecular weight excluding hydrogens is 251 g/mol. The maximum atomic E-state index is 12.5. The van der Waals surface area contributed by atoms with Crippen molar-refractivity contribution in [2.75, 3.05) is 0 Å². The van der Waals surface area contributed by atoms with Gasteiger partial charge in [-0.2, -0.15) is 30.7 Å². The monoisotopic (exact) mass is 257 g/mol. The number of carboxylic acid groups (broad SMARTS) is 1. The first-order chi connectivity index (χ1) is 6.83. The predicted octanol–water partition coefficient (Wildman–Crippen LogP) is 1.62. The van der Waals surface area contributed by atoms with E-state index in [1.165, 1.54) is 0 Å². The van der Waals surface area contributed by atoms with Gasteiger partial charge in [-0.15, -0.1) is 0 Å². The molecule has 0 bridgehead atoms. The van der Waals surface area contributed by atoms with Crippen molar-refractivity contribution in [1.29, 1.82) is 0 Å². The Balaban J connectivity index is 4.99. The minimum atomic E-state index is -6.48. The van der Waals surface area contributed by atoms with E-state index in [1.807, 2.05) is 0 Å². The van der Waals surface area contributed by atoms with E-state index in [4.69, 9.17) is 5.11 Å². The lowest BCUT2D eigenvalue weighted by Crippen LogP contribution is -2.54. The molecule has 0 aliphatic rings. The number of halogens is 7. The lowest BCUT2D eigenvalue weighted by molar-refractivity contribution is -0.356. The lowest BCUT2D eigenvalue weighted by atomic mass is 10.0. The summed E-state index contributed by atoms with van der Waals surface area (Å²) in [6.07, 6.45) is -8.79. The Morgan fingerprint density at radius 3 is 1.75 bits per heavy atom. The molecule has 0 aromatic carbocycles. The SMILES string of the molecule is NC(CC(F)(F)C(F)(F)C(F)(F)F)C(=O)O. The molecule has 0 saturated carbocycles. The molecule has 0 spiro atoms. The minimum Gasteiger partial charge on any atom is -0.480 e. The van der Waals surface area contributed by atoms with Gasteiger partial charge in [0.05, 0.1) is 0 Å². The average molecular weight is 257 g/mol. The van der Waals surface area contributed by atoms with Gasteiger partial charge in [-0.1, -0.05) is 0 Å². The smallest absolute Gasteiger partial charge is 0.459 e. The van der Waals surface area contributed by atoms with Crippen molar-refractivity contribution < 1.29 is 40.6 Å². The van der Waals surface area contributed by atoms with Gasteiger partial charge in [-0.25, -0.2) is 0 Å². The Hall–Kier alpha value is -1.06. The second-order valence-electron chi connectivity index (χ2n) is 2.93. The molecule has 0 amide bonds. The molecule has 0 aliphatic carbocycles. The molecule has 0 saturated heterocycles. The molecule has 10 heteroatoms. The van der Waals surface area contributed by atoms with Crippen molar-refractivity contribution in [2.24, 2.45) is 5.73 Å². The first kappa shape index (κ1) is 14.9. The molecule has 3 N–H and O–H groups in total. The van der Waals surface area contributed by atoms with Crippen LogP contribution in [0.2, 0.25) is 0 Å². The second-order valence-corrected chi connectivity index (χ2v) is 2.93. The first-order valence-electron chi connectivity index (χ1n) is 3.63. The zero-order valence-electron chi connectivity index (χ0n) is 7.36. The van der Waals surface area contributed by atoms with Crippen molar-refractivity contribution in [2.45, 2.75) is 30.5 Å². The van der Waals surface area contributed by atoms with Gasteiger partial charge in [-0.3, -0.25) is 4.79 Å². The summed E-state index contributed by atoms with van der Waals surface area (Å²) in [7, 11) is 0. The average Bonchev–Trinajstić information content (AvgIpc) is 2.00. The molecule has 16 heavy (non-hydrogen) atoms. The lowest BCUT2D eigenvalue weighted by Gasteiger charge is -2.28. The highest BCUT2D eigenvalue weighted by Gasteiger charge is 2.73. The van der Waals surface area contributed by atoms with Crippen molar-refractivity contribution >= 4 is 5.97 Å². The third-order valence-corrected chi connectivity index (χ3v) is 1.61. The molecule has 1 atom stereocenters. The van der Waals surface area contributed by atoms with Gasteiger partial charge in [0.1, 0.15) is 6.04 Å². The summed E-state index contributed by atoms with van der Waals surface area (Å²) in [5.74, 6) is -14.0. The Labute approximate surface area is 84.0 Å². The summed E-state index contributed by atoms with van der Waals surface area (Å²) in [4.78, 5) is 9.97. The normalized spacial score (nSPS) is 16.0. The maximum Gasteiger partial charge on any atom is 0.459 e. The van der Waals surface area contributed by atoms with E-state index in [-0.39, 0.29) is 0 Å². The third-order valence-electron chi connectivity index (χ3n) is 1.61. The summed E-state index contributed by atoms with van der Waals surface area (Å²) in [5.41, 5.74) is 4.46. The van der Waals surface area contributed by atoms with Crippen LogP contribution in [0.4, 0.5) is 30.7 Å². The number of hydrogen-bond donors (Lipinski definition) is 2. The first-order valence-corrected chi connectivity index (χ1v) is 3.63. The standard InChI is InChI=1S/C6H6F7NO2/c7-4(8,1-2(14)3(15)16)5(9,10)6(11,12)13/h2H,1,14H2,(H,15,16). The van der Waals surface area contributed by atoms with Crippen LogP contribution in [0.3, 0.4) is 0 Å². The van der Waals surface area contributed by atoms with Gasteiger partial charge in [0.15, 0.2) is 0 Å². The zero-order valence-corrected chi connectivity index (χ0v) is 7.36. The number of hydrogen-bond acceptors (Lipinski definition) is 2. The van der Waals surface area contributed by atoms with Crippen LogP contribution in [0, 0.1) is 0 Å². The fraction of sp³-hybridized carbons (Fsp3) is 0.833. The molecule has 3 nitrogen and oxygen atoms in total. The van der Waals surface area contributed by atoms with E-state index in [1.54, 1.807) is 0 Å². The summed E-state index contributed by atoms with van der Waals surface area (Å²) in [6.45, 7) is 0. The van der Waals surface area contributed by atoms with Gasteiger partial charge in [0, 0.05) is 6.42 Å². The Morgan fingerprint density at radius 2 is 1.50 bits per heavy atom. The highest BCUT2D eigenvalue weighted by Crippen LogP contribution is 2.48. The second kappa shape index (κ2) is 4.07. The van der Waals surface area contributed by atoms with Crippen LogP contribution in [-0.4, -0.2) is 35.1 Å². The van der Waals surface area contributed by atoms with E-state index in [2.05, 4.69) is 5.73 Å². The highest BCUT2D eigenvalue weighted by atomic mass is 19.4. The fourth-order valence-electron chi connectivity index (χ4n) is 0.699. The molecule has 0 aromatic heterocycles. The number of rotatable bonds is 4. The van der Waals surface area contributed by atoms with E-state index in [9.17, 15) is 35.5 Å². The summed E-state index contributed by atoms with van der Waals surface area (Å²) < 4.78 is 84.1. The summed E-state index contributed by atoms with van der Waals surface area (Å²) >= 11 is 0. The van der Waals surface area contributed by atoms with Crippen LogP contribution in [-0.2, 0) is 4.79 Å². The van der Waals surface area contributed by atoms with Crippen molar-refractivity contribution in [3.8, 4) is 0 Å². The Bertz CT molecular complexity index is 275. The molecule has 0 radical (unpaired) electrons. The van der Waals surface area contributed by atoms with Crippen LogP contribution in [0.1, 0.15) is 6.42 Å². The van der Waals surface area contributed by atoms with Gasteiger partial charge < -0.3 is 10.8 Å². The number of aliphatic carboxylic acids is 1. The van der Waals surface area contributed by atoms with Crippen LogP contribution in [0.15, 0.2) is 0 Å². The summed E-state index contributed by atoms with van der Waals surface area (Å²) in [6, 6.07) is -2.51. The molecule has 0 heterocycles. The molecule has 0 aromatic rings. The van der Waals surface area contributed by atoms with Crippen LogP contribution < -0.4 is 5.73 Å². The quantitative estimate of drug-likeness (QED) is 0.752. The molecular formula is C6H6F7NO2. The predicted molar refractivity (Wildman–Crippen MR) is 36.2 cm³/mol. The van der Waals surface area contributed by atoms with Gasteiger partial charge in [0.25, 0.3) is 0 Å². The Kier molecular flexibility index (Phi) is 3.80. The van der Waals surface area contributed by atoms with Gasteiger partial charge in [-0.05, 0) is 0 Å². The van der Waals surface area contributed by atoms with Crippen molar-refractivity contribution in [1.82, 2.24) is 0 Å². The molecule has 0 aliphatic heterocycles. The van der Waals surface area contributed by atoms with Crippen LogP contribution in [0.5, 0.6) is 0 Å². The number of nitrogens with two attached hydrogens (primary N) is 1. The fourth-order valence-corrected chi connectivity index (χ4v) is 0.699. The minimum absolute atomic E-state index is 2.10. The van der Waals surface area contributed by atoms with E-state index >= 15 is 0 Å². The third kappa shape index (κ3) is 2.74. The molecule has 1 unspecified atom stereocenters. The molecule has 96 valence electrons. The van der Waals surface area contributed by atoms with E-state index in [0.717, 1.165) is 0 Å². The topological polar surface area (TPSA) is 63.3 Å².